The number of anilines is 1. The number of carbonyl (C=O) groups excluding carboxylic acids is 1. The zero-order valence-electron chi connectivity index (χ0n) is 14.9. The number of benzene rings is 2. The smallest absolute Gasteiger partial charge is 0.265 e. The van der Waals surface area contributed by atoms with Gasteiger partial charge in [0.1, 0.15) is 11.5 Å². The van der Waals surface area contributed by atoms with E-state index in [-0.39, 0.29) is 5.91 Å². The molecule has 2 aromatic carbocycles. The maximum atomic E-state index is 12.5. The van der Waals surface area contributed by atoms with E-state index in [0.29, 0.717) is 35.1 Å². The van der Waals surface area contributed by atoms with Gasteiger partial charge in [-0.2, -0.15) is 0 Å². The quantitative estimate of drug-likeness (QED) is 0.793. The van der Waals surface area contributed by atoms with Gasteiger partial charge in [0.25, 0.3) is 5.91 Å². The van der Waals surface area contributed by atoms with E-state index in [1.165, 1.54) is 0 Å². The molecule has 0 heterocycles. The Morgan fingerprint density at radius 1 is 0.960 bits per heavy atom. The maximum absolute atomic E-state index is 12.5. The summed E-state index contributed by atoms with van der Waals surface area (Å²) in [4.78, 5) is 12.5. The highest BCUT2D eigenvalue weighted by molar-refractivity contribution is 5.94. The number of ether oxygens (including phenoxy) is 4. The van der Waals surface area contributed by atoms with Crippen molar-refractivity contribution in [2.75, 3.05) is 26.6 Å². The van der Waals surface area contributed by atoms with Gasteiger partial charge >= 0.3 is 0 Å². The van der Waals surface area contributed by atoms with Crippen LogP contribution in [0.5, 0.6) is 23.0 Å². The van der Waals surface area contributed by atoms with E-state index in [4.69, 9.17) is 18.9 Å². The number of rotatable bonds is 8. The molecular formula is C19H23NO5. The van der Waals surface area contributed by atoms with Gasteiger partial charge in [0.05, 0.1) is 21.3 Å². The third-order valence-corrected chi connectivity index (χ3v) is 3.63. The van der Waals surface area contributed by atoms with Gasteiger partial charge in [-0.25, -0.2) is 0 Å². The molecule has 1 amide bonds. The van der Waals surface area contributed by atoms with Gasteiger partial charge in [0, 0.05) is 17.8 Å². The van der Waals surface area contributed by atoms with Crippen LogP contribution in [0, 0.1) is 0 Å². The van der Waals surface area contributed by atoms with Crippen LogP contribution in [0.4, 0.5) is 5.69 Å². The first-order chi connectivity index (χ1) is 12.1. The summed E-state index contributed by atoms with van der Waals surface area (Å²) in [6.07, 6.45) is -0.101. The minimum Gasteiger partial charge on any atom is -0.497 e. The molecule has 0 bridgehead atoms. The molecule has 0 radical (unpaired) electrons. The summed E-state index contributed by atoms with van der Waals surface area (Å²) < 4.78 is 21.4. The van der Waals surface area contributed by atoms with E-state index in [1.54, 1.807) is 51.7 Å². The minimum absolute atomic E-state index is 0.238. The molecule has 2 rings (SSSR count). The average Bonchev–Trinajstić information content (AvgIpc) is 2.65. The van der Waals surface area contributed by atoms with Crippen molar-refractivity contribution in [2.45, 2.75) is 19.4 Å². The van der Waals surface area contributed by atoms with Gasteiger partial charge in [-0.05, 0) is 30.7 Å². The lowest BCUT2D eigenvalue weighted by atomic mass is 10.2. The van der Waals surface area contributed by atoms with Crippen LogP contribution in [0.2, 0.25) is 0 Å². The molecule has 1 atom stereocenters. The van der Waals surface area contributed by atoms with E-state index in [9.17, 15) is 4.79 Å². The van der Waals surface area contributed by atoms with Gasteiger partial charge in [-0.15, -0.1) is 0 Å². The van der Waals surface area contributed by atoms with Crippen molar-refractivity contribution in [1.82, 2.24) is 0 Å². The Morgan fingerprint density at radius 3 is 2.32 bits per heavy atom. The zero-order chi connectivity index (χ0) is 18.2. The average molecular weight is 345 g/mol. The van der Waals surface area contributed by atoms with E-state index in [0.717, 1.165) is 0 Å². The highest BCUT2D eigenvalue weighted by Gasteiger charge is 2.19. The normalized spacial score (nSPS) is 11.4. The second-order valence-corrected chi connectivity index (χ2v) is 5.25. The molecule has 134 valence electrons. The third kappa shape index (κ3) is 4.79. The Kier molecular flexibility index (Phi) is 6.51. The standard InChI is InChI=1S/C19H23NO5/c1-5-16(25-15-8-6-7-14(12-15)22-2)19(21)20-13-9-10-17(23-3)18(11-13)24-4/h6-12,16H,5H2,1-4H3,(H,20,21)/t16-/m0/s1. The molecule has 0 saturated heterocycles. The topological polar surface area (TPSA) is 66.0 Å². The van der Waals surface area contributed by atoms with E-state index < -0.39 is 6.10 Å². The van der Waals surface area contributed by atoms with Gasteiger partial charge < -0.3 is 24.3 Å². The molecule has 0 spiro atoms. The predicted octanol–water partition coefficient (Wildman–Crippen LogP) is 3.51. The number of amides is 1. The molecule has 0 aliphatic carbocycles. The monoisotopic (exact) mass is 345 g/mol. The van der Waals surface area contributed by atoms with Crippen LogP contribution in [-0.4, -0.2) is 33.3 Å². The van der Waals surface area contributed by atoms with Gasteiger partial charge in [-0.1, -0.05) is 13.0 Å². The lowest BCUT2D eigenvalue weighted by Crippen LogP contribution is -2.32. The highest BCUT2D eigenvalue weighted by atomic mass is 16.5. The number of nitrogens with one attached hydrogen (secondary N) is 1. The Balaban J connectivity index is 2.09. The van der Waals surface area contributed by atoms with Crippen LogP contribution < -0.4 is 24.3 Å². The van der Waals surface area contributed by atoms with Crippen LogP contribution in [0.3, 0.4) is 0 Å². The van der Waals surface area contributed by atoms with E-state index >= 15 is 0 Å². The molecule has 6 nitrogen and oxygen atoms in total. The molecule has 0 fully saturated rings. The highest BCUT2D eigenvalue weighted by Crippen LogP contribution is 2.30. The minimum atomic E-state index is -0.625. The number of hydrogen-bond acceptors (Lipinski definition) is 5. The first-order valence-corrected chi connectivity index (χ1v) is 7.94. The summed E-state index contributed by atoms with van der Waals surface area (Å²) in [6.45, 7) is 1.89. The molecule has 0 aliphatic heterocycles. The van der Waals surface area contributed by atoms with Crippen molar-refractivity contribution in [3.8, 4) is 23.0 Å². The Hall–Kier alpha value is -2.89. The predicted molar refractivity (Wildman–Crippen MR) is 95.9 cm³/mol. The fraction of sp³-hybridized carbons (Fsp3) is 0.316. The Morgan fingerprint density at radius 2 is 1.68 bits per heavy atom. The SMILES string of the molecule is CC[C@H](Oc1cccc(OC)c1)C(=O)Nc1ccc(OC)c(OC)c1. The fourth-order valence-electron chi connectivity index (χ4n) is 2.30. The second kappa shape index (κ2) is 8.82. The van der Waals surface area contributed by atoms with Crippen LogP contribution in [0.1, 0.15) is 13.3 Å². The second-order valence-electron chi connectivity index (χ2n) is 5.25. The first-order valence-electron chi connectivity index (χ1n) is 7.94. The van der Waals surface area contributed by atoms with E-state index in [2.05, 4.69) is 5.32 Å². The van der Waals surface area contributed by atoms with Crippen molar-refractivity contribution < 1.29 is 23.7 Å². The molecule has 1 N–H and O–H groups in total. The molecule has 0 aromatic heterocycles. The molecule has 25 heavy (non-hydrogen) atoms. The van der Waals surface area contributed by atoms with Gasteiger partial charge in [-0.3, -0.25) is 4.79 Å². The molecule has 6 heteroatoms. The van der Waals surface area contributed by atoms with Crippen LogP contribution >= 0.6 is 0 Å². The van der Waals surface area contributed by atoms with Crippen LogP contribution in [-0.2, 0) is 4.79 Å². The summed E-state index contributed by atoms with van der Waals surface area (Å²) in [5, 5.41) is 2.84. The lowest BCUT2D eigenvalue weighted by molar-refractivity contribution is -0.122. The summed E-state index contributed by atoms with van der Waals surface area (Å²) in [6, 6.07) is 12.3. The van der Waals surface area contributed by atoms with Crippen molar-refractivity contribution in [2.24, 2.45) is 0 Å². The first kappa shape index (κ1) is 18.4. The lowest BCUT2D eigenvalue weighted by Gasteiger charge is -2.18. The molecular weight excluding hydrogens is 322 g/mol. The summed E-state index contributed by atoms with van der Waals surface area (Å²) in [7, 11) is 4.69. The summed E-state index contributed by atoms with van der Waals surface area (Å²) in [5.41, 5.74) is 0.607. The van der Waals surface area contributed by atoms with Crippen LogP contribution in [0.25, 0.3) is 0 Å². The van der Waals surface area contributed by atoms with Crippen molar-refractivity contribution in [3.63, 3.8) is 0 Å². The zero-order valence-corrected chi connectivity index (χ0v) is 14.9. The third-order valence-electron chi connectivity index (χ3n) is 3.63. The largest absolute Gasteiger partial charge is 0.497 e. The van der Waals surface area contributed by atoms with Crippen molar-refractivity contribution in [1.29, 1.82) is 0 Å². The van der Waals surface area contributed by atoms with Crippen molar-refractivity contribution in [3.05, 3.63) is 42.5 Å². The Bertz CT molecular complexity index is 717. The Labute approximate surface area is 147 Å². The van der Waals surface area contributed by atoms with E-state index in [1.807, 2.05) is 19.1 Å². The fourth-order valence-corrected chi connectivity index (χ4v) is 2.30. The van der Waals surface area contributed by atoms with Gasteiger partial charge in [0.15, 0.2) is 17.6 Å². The molecule has 0 saturated carbocycles. The molecule has 0 aliphatic rings. The maximum Gasteiger partial charge on any atom is 0.265 e. The van der Waals surface area contributed by atoms with Gasteiger partial charge in [0.2, 0.25) is 0 Å². The molecule has 0 unspecified atom stereocenters. The number of hydrogen-bond donors (Lipinski definition) is 1. The number of carbonyl (C=O) groups is 1. The summed E-state index contributed by atoms with van der Waals surface area (Å²) >= 11 is 0. The number of methoxy groups -OCH3 is 3. The van der Waals surface area contributed by atoms with Crippen molar-refractivity contribution >= 4 is 11.6 Å². The van der Waals surface area contributed by atoms with Crippen LogP contribution in [0.15, 0.2) is 42.5 Å². The molecule has 2 aromatic rings. The summed E-state index contributed by atoms with van der Waals surface area (Å²) in [5.74, 6) is 2.15.